The van der Waals surface area contributed by atoms with Crippen molar-refractivity contribution in [2.75, 3.05) is 57.1 Å². The quantitative estimate of drug-likeness (QED) is 0.206. The third-order valence-corrected chi connectivity index (χ3v) is 9.07. The summed E-state index contributed by atoms with van der Waals surface area (Å²) >= 11 is 1.33. The van der Waals surface area contributed by atoms with Crippen molar-refractivity contribution < 1.29 is 37.0 Å². The largest absolute Gasteiger partial charge is 0.463 e. The van der Waals surface area contributed by atoms with Gasteiger partial charge in [0, 0.05) is 62.7 Å². The summed E-state index contributed by atoms with van der Waals surface area (Å²) in [5, 5.41) is 5.37. The highest BCUT2D eigenvalue weighted by Gasteiger charge is 2.35. The molecule has 2 saturated heterocycles. The molecule has 252 valence electrons. The molecule has 14 heteroatoms. The topological polar surface area (TPSA) is 126 Å². The van der Waals surface area contributed by atoms with Gasteiger partial charge in [0.2, 0.25) is 5.91 Å². The average Bonchev–Trinajstić information content (AvgIpc) is 3.53. The van der Waals surface area contributed by atoms with Gasteiger partial charge in [-0.3, -0.25) is 14.5 Å². The van der Waals surface area contributed by atoms with Gasteiger partial charge in [-0.1, -0.05) is 26.0 Å². The van der Waals surface area contributed by atoms with E-state index >= 15 is 0 Å². The fourth-order valence-corrected chi connectivity index (χ4v) is 6.38. The van der Waals surface area contributed by atoms with Crippen molar-refractivity contribution in [2.24, 2.45) is 11.7 Å². The molecule has 2 unspecified atom stereocenters. The van der Waals surface area contributed by atoms with Crippen molar-refractivity contribution in [3.63, 3.8) is 0 Å². The predicted molar refractivity (Wildman–Crippen MR) is 169 cm³/mol. The molecule has 3 atom stereocenters. The number of halogens is 3. The van der Waals surface area contributed by atoms with Crippen LogP contribution in [0.25, 0.3) is 0 Å². The average molecular weight is 666 g/mol. The number of carbonyl (C=O) groups excluding carboxylic acids is 3. The number of rotatable bonds is 14. The van der Waals surface area contributed by atoms with E-state index in [1.807, 2.05) is 38.1 Å². The van der Waals surface area contributed by atoms with E-state index in [0.29, 0.717) is 44.7 Å². The first kappa shape index (κ1) is 35.5. The van der Waals surface area contributed by atoms with Gasteiger partial charge in [-0.05, 0) is 41.7 Å². The van der Waals surface area contributed by atoms with Crippen molar-refractivity contribution in [1.29, 1.82) is 0 Å². The van der Waals surface area contributed by atoms with Crippen LogP contribution in [0.5, 0.6) is 0 Å². The highest BCUT2D eigenvalue weighted by atomic mass is 32.2. The van der Waals surface area contributed by atoms with Gasteiger partial charge in [0.05, 0.1) is 13.2 Å². The molecule has 2 amide bonds. The number of morpholine rings is 1. The molecule has 4 N–H and O–H groups in total. The SMILES string of the molecule is CC(C)C(Nc1ccc(CNC(=O)[C@@H]2SCCN2C(=O)CC(N)Cc2cc(F)c(F)cc2F)cc1)C(=O)OCCN1CCOCC1. The zero-order valence-corrected chi connectivity index (χ0v) is 26.9. The Morgan fingerprint density at radius 1 is 1.04 bits per heavy atom. The van der Waals surface area contributed by atoms with Crippen LogP contribution in [0.4, 0.5) is 18.9 Å². The summed E-state index contributed by atoms with van der Waals surface area (Å²) in [6.07, 6.45) is -0.346. The monoisotopic (exact) mass is 665 g/mol. The van der Waals surface area contributed by atoms with E-state index < -0.39 is 34.9 Å². The number of amides is 2. The molecule has 10 nitrogen and oxygen atoms in total. The highest BCUT2D eigenvalue weighted by Crippen LogP contribution is 2.26. The Morgan fingerprint density at radius 3 is 2.43 bits per heavy atom. The van der Waals surface area contributed by atoms with Crippen molar-refractivity contribution >= 4 is 35.2 Å². The van der Waals surface area contributed by atoms with Gasteiger partial charge in [-0.15, -0.1) is 11.8 Å². The molecule has 2 aromatic rings. The number of anilines is 1. The van der Waals surface area contributed by atoms with Gasteiger partial charge in [0.1, 0.15) is 18.5 Å². The van der Waals surface area contributed by atoms with Crippen LogP contribution in [0.15, 0.2) is 36.4 Å². The van der Waals surface area contributed by atoms with E-state index in [9.17, 15) is 27.6 Å². The maximum absolute atomic E-state index is 14.0. The lowest BCUT2D eigenvalue weighted by molar-refractivity contribution is -0.146. The number of nitrogens with two attached hydrogens (primary N) is 1. The number of hydrogen-bond acceptors (Lipinski definition) is 9. The number of benzene rings is 2. The van der Waals surface area contributed by atoms with Crippen molar-refractivity contribution in [3.05, 3.63) is 65.0 Å². The lowest BCUT2D eigenvalue weighted by Gasteiger charge is -2.27. The number of carbonyl (C=O) groups is 3. The zero-order chi connectivity index (χ0) is 33.2. The molecular formula is C32H42F3N5O5S. The summed E-state index contributed by atoms with van der Waals surface area (Å²) in [7, 11) is 0. The Labute approximate surface area is 271 Å². The molecule has 0 aromatic heterocycles. The second-order valence-electron chi connectivity index (χ2n) is 11.7. The second-order valence-corrected chi connectivity index (χ2v) is 12.9. The fourth-order valence-electron chi connectivity index (χ4n) is 5.22. The Morgan fingerprint density at radius 2 is 1.74 bits per heavy atom. The van der Waals surface area contributed by atoms with Crippen LogP contribution < -0.4 is 16.4 Å². The number of esters is 1. The van der Waals surface area contributed by atoms with E-state index in [1.54, 1.807) is 0 Å². The smallest absolute Gasteiger partial charge is 0.328 e. The van der Waals surface area contributed by atoms with Crippen molar-refractivity contribution in [2.45, 2.75) is 50.7 Å². The summed E-state index contributed by atoms with van der Waals surface area (Å²) in [6, 6.07) is 7.16. The Hall–Kier alpha value is -3.33. The van der Waals surface area contributed by atoms with E-state index in [4.69, 9.17) is 15.2 Å². The Kier molecular flexibility index (Phi) is 13.1. The minimum atomic E-state index is -1.30. The third-order valence-electron chi connectivity index (χ3n) is 7.86. The first-order valence-electron chi connectivity index (χ1n) is 15.4. The molecule has 4 rings (SSSR count). The molecule has 0 saturated carbocycles. The van der Waals surface area contributed by atoms with Gasteiger partial charge in [-0.2, -0.15) is 0 Å². The van der Waals surface area contributed by atoms with Gasteiger partial charge in [-0.25, -0.2) is 18.0 Å². The molecule has 46 heavy (non-hydrogen) atoms. The molecule has 2 heterocycles. The molecule has 0 radical (unpaired) electrons. The standard InChI is InChI=1S/C32H42F3N5O5S/c1-20(2)29(32(43)45-13-9-39-7-11-44-12-8-39)38-24-5-3-21(4-6-24)19-37-30(42)31-40(10-14-46-31)28(41)17-23(36)15-22-16-26(34)27(35)18-25(22)33/h3-6,16,18,20,23,29,31,38H,7-15,17,19,36H2,1-2H3,(H,37,42)/t23?,29?,31-/m0/s1. The molecular weight excluding hydrogens is 623 g/mol. The maximum Gasteiger partial charge on any atom is 0.328 e. The van der Waals surface area contributed by atoms with Crippen molar-refractivity contribution in [1.82, 2.24) is 15.1 Å². The summed E-state index contributed by atoms with van der Waals surface area (Å²) in [4.78, 5) is 42.4. The van der Waals surface area contributed by atoms with Gasteiger partial charge in [0.25, 0.3) is 5.91 Å². The molecule has 0 spiro atoms. The summed E-state index contributed by atoms with van der Waals surface area (Å²) in [5.41, 5.74) is 7.48. The van der Waals surface area contributed by atoms with Crippen LogP contribution in [-0.4, -0.2) is 96.8 Å². The normalized spacial score (nSPS) is 18.3. The third kappa shape index (κ3) is 10.1. The van der Waals surface area contributed by atoms with Crippen LogP contribution >= 0.6 is 11.8 Å². The molecule has 0 bridgehead atoms. The lowest BCUT2D eigenvalue weighted by Crippen LogP contribution is -2.46. The first-order valence-corrected chi connectivity index (χ1v) is 16.5. The van der Waals surface area contributed by atoms with Crippen molar-refractivity contribution in [3.8, 4) is 0 Å². The molecule has 2 aliphatic heterocycles. The van der Waals surface area contributed by atoms with Crippen LogP contribution in [0.1, 0.15) is 31.4 Å². The lowest BCUT2D eigenvalue weighted by atomic mass is 10.0. The maximum atomic E-state index is 14.0. The molecule has 2 aliphatic rings. The predicted octanol–water partition coefficient (Wildman–Crippen LogP) is 2.89. The Bertz CT molecular complexity index is 1350. The second kappa shape index (κ2) is 17.0. The fraction of sp³-hybridized carbons (Fsp3) is 0.531. The van der Waals surface area contributed by atoms with Gasteiger partial charge in [0.15, 0.2) is 17.0 Å². The molecule has 0 aliphatic carbocycles. The minimum absolute atomic E-state index is 0.00829. The first-order chi connectivity index (χ1) is 22.0. The molecule has 2 fully saturated rings. The summed E-state index contributed by atoms with van der Waals surface area (Å²) in [5.74, 6) is -3.90. The van der Waals surface area contributed by atoms with Crippen LogP contribution in [0.3, 0.4) is 0 Å². The number of ether oxygens (including phenoxy) is 2. The number of nitrogens with one attached hydrogen (secondary N) is 2. The number of hydrogen-bond donors (Lipinski definition) is 3. The zero-order valence-electron chi connectivity index (χ0n) is 26.1. The van der Waals surface area contributed by atoms with E-state index in [-0.39, 0.29) is 48.7 Å². The van der Waals surface area contributed by atoms with Crippen LogP contribution in [0, 0.1) is 23.4 Å². The van der Waals surface area contributed by atoms with Gasteiger partial charge < -0.3 is 30.7 Å². The van der Waals surface area contributed by atoms with E-state index in [0.717, 1.165) is 30.4 Å². The number of thioether (sulfide) groups is 1. The van der Waals surface area contributed by atoms with Crippen LogP contribution in [0.2, 0.25) is 0 Å². The van der Waals surface area contributed by atoms with Gasteiger partial charge >= 0.3 is 5.97 Å². The Balaban J connectivity index is 1.23. The minimum Gasteiger partial charge on any atom is -0.463 e. The number of nitrogens with zero attached hydrogens (tertiary/aromatic N) is 2. The highest BCUT2D eigenvalue weighted by molar-refractivity contribution is 8.00. The summed E-state index contributed by atoms with van der Waals surface area (Å²) < 4.78 is 51.7. The van der Waals surface area contributed by atoms with E-state index in [1.165, 1.54) is 16.7 Å². The van der Waals surface area contributed by atoms with Crippen LogP contribution in [-0.2, 0) is 36.8 Å². The summed E-state index contributed by atoms with van der Waals surface area (Å²) in [6.45, 7) is 8.47. The van der Waals surface area contributed by atoms with E-state index in [2.05, 4.69) is 15.5 Å². The molecule has 2 aromatic carbocycles.